The van der Waals surface area contributed by atoms with E-state index in [2.05, 4.69) is 22.8 Å². The van der Waals surface area contributed by atoms with E-state index in [0.717, 1.165) is 25.7 Å². The zero-order valence-electron chi connectivity index (χ0n) is 12.2. The lowest BCUT2D eigenvalue weighted by molar-refractivity contribution is -0.117. The van der Waals surface area contributed by atoms with Crippen LogP contribution in [0.15, 0.2) is 22.8 Å². The molecule has 0 spiro atoms. The summed E-state index contributed by atoms with van der Waals surface area (Å²) in [6.07, 6.45) is 8.33. The highest BCUT2D eigenvalue weighted by Crippen LogP contribution is 2.35. The van der Waals surface area contributed by atoms with Crippen LogP contribution in [0.3, 0.4) is 0 Å². The van der Waals surface area contributed by atoms with Crippen LogP contribution in [-0.4, -0.2) is 31.5 Å². The average Bonchev–Trinajstić information content (AvgIpc) is 2.52. The smallest absolute Gasteiger partial charge is 0.265 e. The van der Waals surface area contributed by atoms with Gasteiger partial charge in [-0.1, -0.05) is 23.9 Å². The van der Waals surface area contributed by atoms with Gasteiger partial charge in [-0.25, -0.2) is 0 Å². The Balaban J connectivity index is 2.01. The van der Waals surface area contributed by atoms with E-state index in [1.54, 1.807) is 18.9 Å². The number of hydrogen-bond donors (Lipinski definition) is 2. The van der Waals surface area contributed by atoms with Crippen LogP contribution in [0.25, 0.3) is 0 Å². The number of amides is 1. The molecule has 0 aromatic rings. The third kappa shape index (κ3) is 4.26. The van der Waals surface area contributed by atoms with Gasteiger partial charge in [0.15, 0.2) is 0 Å². The van der Waals surface area contributed by atoms with Crippen LogP contribution in [0.5, 0.6) is 0 Å². The predicted molar refractivity (Wildman–Crippen MR) is 83.1 cm³/mol. The van der Waals surface area contributed by atoms with Crippen molar-refractivity contribution in [3.63, 3.8) is 0 Å². The molecule has 0 unspecified atom stereocenters. The Morgan fingerprint density at radius 1 is 1.57 bits per heavy atom. The molecule has 0 fully saturated rings. The number of carbonyl (C=O) groups is 1. The quantitative estimate of drug-likeness (QED) is 0.579. The van der Waals surface area contributed by atoms with E-state index >= 15 is 0 Å². The van der Waals surface area contributed by atoms with Gasteiger partial charge in [-0.15, -0.1) is 0 Å². The van der Waals surface area contributed by atoms with Gasteiger partial charge in [0.1, 0.15) is 11.6 Å². The van der Waals surface area contributed by atoms with Crippen LogP contribution in [0.4, 0.5) is 0 Å². The Morgan fingerprint density at radius 3 is 3.10 bits per heavy atom. The van der Waals surface area contributed by atoms with E-state index in [1.807, 2.05) is 6.07 Å². The van der Waals surface area contributed by atoms with Crippen molar-refractivity contribution < 1.29 is 9.53 Å². The van der Waals surface area contributed by atoms with Crippen molar-refractivity contribution in [1.82, 2.24) is 10.6 Å². The molecule has 2 rings (SSSR count). The van der Waals surface area contributed by atoms with Crippen molar-refractivity contribution in [2.24, 2.45) is 5.92 Å². The van der Waals surface area contributed by atoms with Crippen LogP contribution < -0.4 is 10.6 Å². The summed E-state index contributed by atoms with van der Waals surface area (Å²) >= 11 is 1.57. The summed E-state index contributed by atoms with van der Waals surface area (Å²) in [6.45, 7) is 1.36. The van der Waals surface area contributed by atoms with Crippen LogP contribution >= 0.6 is 11.8 Å². The van der Waals surface area contributed by atoms with Gasteiger partial charge in [-0.05, 0) is 31.6 Å². The maximum atomic E-state index is 12.1. The molecule has 0 aromatic heterocycles. The van der Waals surface area contributed by atoms with Crippen molar-refractivity contribution in [2.75, 3.05) is 20.3 Å². The lowest BCUT2D eigenvalue weighted by Gasteiger charge is -2.32. The van der Waals surface area contributed by atoms with E-state index in [-0.39, 0.29) is 16.9 Å². The number of carbonyl (C=O) groups excluding carboxylic acids is 1. The Hall–Kier alpha value is -1.45. The molecule has 2 N–H and O–H groups in total. The summed E-state index contributed by atoms with van der Waals surface area (Å²) in [7, 11) is 1.66. The molecule has 6 heteroatoms. The highest BCUT2D eigenvalue weighted by atomic mass is 32.2. The first-order chi connectivity index (χ1) is 10.3. The van der Waals surface area contributed by atoms with Gasteiger partial charge < -0.3 is 15.4 Å². The number of methoxy groups -OCH3 is 1. The first-order valence-electron chi connectivity index (χ1n) is 7.26. The number of nitriles is 1. The van der Waals surface area contributed by atoms with Gasteiger partial charge in [-0.2, -0.15) is 5.26 Å². The number of hydrogen-bond acceptors (Lipinski definition) is 5. The first-order valence-corrected chi connectivity index (χ1v) is 8.14. The summed E-state index contributed by atoms with van der Waals surface area (Å²) in [4.78, 5) is 12.1. The molecular weight excluding hydrogens is 286 g/mol. The molecule has 1 heterocycles. The molecule has 2 atom stereocenters. The highest BCUT2D eigenvalue weighted by Gasteiger charge is 2.32. The fourth-order valence-corrected chi connectivity index (χ4v) is 3.78. The minimum Gasteiger partial charge on any atom is -0.385 e. The number of rotatable bonds is 6. The zero-order chi connectivity index (χ0) is 15.1. The average molecular weight is 307 g/mol. The predicted octanol–water partition coefficient (Wildman–Crippen LogP) is 1.89. The van der Waals surface area contributed by atoms with Gasteiger partial charge in [0.25, 0.3) is 5.91 Å². The lowest BCUT2D eigenvalue weighted by Crippen LogP contribution is -2.43. The molecular formula is C15H21N3O2S. The number of nitrogens with one attached hydrogen (secondary N) is 2. The number of ether oxygens (including phenoxy) is 1. The fourth-order valence-electron chi connectivity index (χ4n) is 2.48. The third-order valence-electron chi connectivity index (χ3n) is 3.63. The van der Waals surface area contributed by atoms with Crippen molar-refractivity contribution in [3.8, 4) is 6.07 Å². The van der Waals surface area contributed by atoms with Crippen molar-refractivity contribution in [1.29, 1.82) is 5.26 Å². The molecule has 5 nitrogen and oxygen atoms in total. The van der Waals surface area contributed by atoms with Crippen LogP contribution in [0.1, 0.15) is 25.7 Å². The molecule has 114 valence electrons. The van der Waals surface area contributed by atoms with E-state index < -0.39 is 0 Å². The Labute approximate surface area is 129 Å². The fraction of sp³-hybridized carbons (Fsp3) is 0.600. The van der Waals surface area contributed by atoms with E-state index in [9.17, 15) is 10.1 Å². The summed E-state index contributed by atoms with van der Waals surface area (Å²) in [5.74, 6) is 0.171. The normalized spacial score (nSPS) is 25.4. The summed E-state index contributed by atoms with van der Waals surface area (Å²) in [6, 6.07) is 2.01. The first kappa shape index (κ1) is 15.9. The van der Waals surface area contributed by atoms with Gasteiger partial charge in [0.2, 0.25) is 0 Å². The number of nitrogens with zero attached hydrogens (tertiary/aromatic N) is 1. The van der Waals surface area contributed by atoms with Gasteiger partial charge in [-0.3, -0.25) is 4.79 Å². The summed E-state index contributed by atoms with van der Waals surface area (Å²) in [5, 5.41) is 16.1. The molecule has 0 aromatic carbocycles. The molecule has 0 bridgehead atoms. The monoisotopic (exact) mass is 307 g/mol. The molecule has 0 saturated heterocycles. The van der Waals surface area contributed by atoms with E-state index in [1.165, 1.54) is 0 Å². The maximum absolute atomic E-state index is 12.1. The lowest BCUT2D eigenvalue weighted by atomic mass is 9.94. The Kier molecular flexibility index (Phi) is 6.15. The minimum absolute atomic E-state index is 0.0458. The van der Waals surface area contributed by atoms with Crippen LogP contribution in [0, 0.1) is 17.2 Å². The molecule has 0 radical (unpaired) electrons. The van der Waals surface area contributed by atoms with Gasteiger partial charge in [0.05, 0.1) is 10.4 Å². The zero-order valence-corrected chi connectivity index (χ0v) is 13.0. The van der Waals surface area contributed by atoms with Gasteiger partial charge in [0, 0.05) is 20.3 Å². The van der Waals surface area contributed by atoms with Gasteiger partial charge >= 0.3 is 0 Å². The molecule has 21 heavy (non-hydrogen) atoms. The van der Waals surface area contributed by atoms with E-state index in [4.69, 9.17) is 4.74 Å². The summed E-state index contributed by atoms with van der Waals surface area (Å²) < 4.78 is 5.01. The Morgan fingerprint density at radius 2 is 2.43 bits per heavy atom. The highest BCUT2D eigenvalue weighted by molar-refractivity contribution is 8.03. The summed E-state index contributed by atoms with van der Waals surface area (Å²) in [5.41, 5.74) is 0.194. The molecule has 2 aliphatic rings. The maximum Gasteiger partial charge on any atom is 0.265 e. The van der Waals surface area contributed by atoms with Crippen LogP contribution in [-0.2, 0) is 9.53 Å². The largest absolute Gasteiger partial charge is 0.385 e. The number of allylic oxidation sites excluding steroid dienone is 2. The Bertz CT molecular complexity index is 482. The van der Waals surface area contributed by atoms with E-state index in [0.29, 0.717) is 24.1 Å². The molecule has 1 aliphatic heterocycles. The van der Waals surface area contributed by atoms with Crippen LogP contribution in [0.2, 0.25) is 0 Å². The number of thioether (sulfide) groups is 1. The second-order valence-corrected chi connectivity index (χ2v) is 6.30. The van der Waals surface area contributed by atoms with Crippen molar-refractivity contribution >= 4 is 17.7 Å². The molecule has 0 saturated carbocycles. The second kappa shape index (κ2) is 8.11. The SMILES string of the molecule is COCCCNC1=C(C#N)C(=O)N[C@H]([C@@H]2CC=CCC2)S1. The molecule has 1 aliphatic carbocycles. The molecule has 1 amide bonds. The van der Waals surface area contributed by atoms with Crippen molar-refractivity contribution in [3.05, 3.63) is 22.8 Å². The minimum atomic E-state index is -0.259. The second-order valence-electron chi connectivity index (χ2n) is 5.15. The van der Waals surface area contributed by atoms with Crippen molar-refractivity contribution in [2.45, 2.75) is 31.1 Å². The topological polar surface area (TPSA) is 74.1 Å². The third-order valence-corrected chi connectivity index (χ3v) is 4.97. The standard InChI is InChI=1S/C15H21N3O2S/c1-20-9-5-8-17-15-12(10-16)13(19)18-14(21-15)11-6-3-2-4-7-11/h2-3,11,14,17H,4-9H2,1H3,(H,18,19)/t11-,14+/m1/s1.